The second-order valence-corrected chi connectivity index (χ2v) is 8.47. The summed E-state index contributed by atoms with van der Waals surface area (Å²) < 4.78 is 7.27. The van der Waals surface area contributed by atoms with Crippen LogP contribution in [0.4, 0.5) is 0 Å². The molecule has 3 aromatic rings. The van der Waals surface area contributed by atoms with Crippen molar-refractivity contribution < 1.29 is 14.3 Å². The van der Waals surface area contributed by atoms with Gasteiger partial charge in [0.15, 0.2) is 0 Å². The maximum Gasteiger partial charge on any atom is 0.274 e. The van der Waals surface area contributed by atoms with E-state index in [-0.39, 0.29) is 10.7 Å². The van der Waals surface area contributed by atoms with Gasteiger partial charge < -0.3 is 4.74 Å². The molecule has 1 heterocycles. The molecule has 0 spiro atoms. The quantitative estimate of drug-likeness (QED) is 0.481. The van der Waals surface area contributed by atoms with Gasteiger partial charge in [-0.2, -0.15) is 5.10 Å². The van der Waals surface area contributed by atoms with E-state index in [1.54, 1.807) is 60.1 Å². The molecule has 168 valence electrons. The number of rotatable bonds is 7. The molecule has 0 aliphatic carbocycles. The predicted octanol–water partition coefficient (Wildman–Crippen LogP) is 4.81. The number of aryl methyl sites for hydroxylation is 1. The second-order valence-electron chi connectivity index (χ2n) is 7.67. The molecular formula is C23H24Cl2N4O3. The van der Waals surface area contributed by atoms with Crippen LogP contribution in [-0.2, 0) is 13.2 Å². The molecule has 0 radical (unpaired) electrons. The third kappa shape index (κ3) is 6.02. The first-order valence-electron chi connectivity index (χ1n) is 10.1. The molecule has 0 saturated carbocycles. The van der Waals surface area contributed by atoms with E-state index in [0.29, 0.717) is 41.1 Å². The highest BCUT2D eigenvalue weighted by molar-refractivity contribution is 6.33. The Balaban J connectivity index is 1.55. The van der Waals surface area contributed by atoms with Crippen molar-refractivity contribution in [3.8, 4) is 5.75 Å². The molecule has 2 amide bonds. The van der Waals surface area contributed by atoms with E-state index in [9.17, 15) is 9.59 Å². The zero-order valence-electron chi connectivity index (χ0n) is 18.0. The van der Waals surface area contributed by atoms with Crippen molar-refractivity contribution in [2.24, 2.45) is 5.92 Å². The van der Waals surface area contributed by atoms with Crippen LogP contribution in [0.5, 0.6) is 5.75 Å². The normalized spacial score (nSPS) is 10.8. The van der Waals surface area contributed by atoms with Crippen molar-refractivity contribution in [1.29, 1.82) is 0 Å². The van der Waals surface area contributed by atoms with Crippen LogP contribution in [0.3, 0.4) is 0 Å². The molecular weight excluding hydrogens is 451 g/mol. The Morgan fingerprint density at radius 3 is 2.25 bits per heavy atom. The first kappa shape index (κ1) is 23.6. The summed E-state index contributed by atoms with van der Waals surface area (Å²) in [7, 11) is 0. The SMILES string of the molecule is Cc1nn(CC(C)C)c(Cl)c1C(=O)NNC(=O)c1ccc(COc2ccc(Cl)cc2)cc1. The summed E-state index contributed by atoms with van der Waals surface area (Å²) in [6, 6.07) is 13.9. The summed E-state index contributed by atoms with van der Waals surface area (Å²) in [6.45, 7) is 6.70. The third-order valence-electron chi connectivity index (χ3n) is 4.56. The molecule has 0 atom stereocenters. The molecule has 0 saturated heterocycles. The Labute approximate surface area is 196 Å². The number of hydrazine groups is 1. The van der Waals surface area contributed by atoms with Gasteiger partial charge in [0.05, 0.1) is 5.69 Å². The van der Waals surface area contributed by atoms with Gasteiger partial charge in [-0.3, -0.25) is 25.1 Å². The minimum Gasteiger partial charge on any atom is -0.489 e. The van der Waals surface area contributed by atoms with Crippen molar-refractivity contribution in [3.63, 3.8) is 0 Å². The number of carbonyl (C=O) groups excluding carboxylic acids is 2. The van der Waals surface area contributed by atoms with Gasteiger partial charge in [0.1, 0.15) is 23.1 Å². The molecule has 9 heteroatoms. The average Bonchev–Trinajstić information content (AvgIpc) is 3.04. The average molecular weight is 475 g/mol. The number of amides is 2. The maximum atomic E-state index is 12.5. The number of carbonyl (C=O) groups is 2. The van der Waals surface area contributed by atoms with Crippen LogP contribution in [0, 0.1) is 12.8 Å². The number of aromatic nitrogens is 2. The zero-order valence-corrected chi connectivity index (χ0v) is 19.5. The maximum absolute atomic E-state index is 12.5. The fraction of sp³-hybridized carbons (Fsp3) is 0.261. The van der Waals surface area contributed by atoms with Gasteiger partial charge in [0.25, 0.3) is 11.8 Å². The van der Waals surface area contributed by atoms with Crippen LogP contribution in [0.2, 0.25) is 10.2 Å². The highest BCUT2D eigenvalue weighted by Gasteiger charge is 2.21. The number of halogens is 2. The molecule has 0 fully saturated rings. The molecule has 0 bridgehead atoms. The van der Waals surface area contributed by atoms with Gasteiger partial charge in [-0.05, 0) is 54.8 Å². The molecule has 0 unspecified atom stereocenters. The second kappa shape index (κ2) is 10.5. The molecule has 0 aliphatic rings. The summed E-state index contributed by atoms with van der Waals surface area (Å²) in [6.07, 6.45) is 0. The van der Waals surface area contributed by atoms with Crippen molar-refractivity contribution in [3.05, 3.63) is 81.1 Å². The van der Waals surface area contributed by atoms with E-state index in [1.165, 1.54) is 0 Å². The lowest BCUT2D eigenvalue weighted by atomic mass is 10.1. The standard InChI is InChI=1S/C23H24Cl2N4O3/c1-14(2)12-29-21(25)20(15(3)28-29)23(31)27-26-22(30)17-6-4-16(5-7-17)13-32-19-10-8-18(24)9-11-19/h4-11,14H,12-13H2,1-3H3,(H,26,30)(H,27,31). The largest absolute Gasteiger partial charge is 0.489 e. The van der Waals surface area contributed by atoms with Gasteiger partial charge in [-0.25, -0.2) is 0 Å². The summed E-state index contributed by atoms with van der Waals surface area (Å²) in [5.41, 5.74) is 6.81. The fourth-order valence-electron chi connectivity index (χ4n) is 2.98. The molecule has 3 rings (SSSR count). The number of nitrogens with zero attached hydrogens (tertiary/aromatic N) is 2. The fourth-order valence-corrected chi connectivity index (χ4v) is 3.43. The summed E-state index contributed by atoms with van der Waals surface area (Å²) in [5.74, 6) is 0.0438. The van der Waals surface area contributed by atoms with Gasteiger partial charge in [-0.1, -0.05) is 49.2 Å². The Morgan fingerprint density at radius 1 is 1.00 bits per heavy atom. The Morgan fingerprint density at radius 2 is 1.62 bits per heavy atom. The topological polar surface area (TPSA) is 85.3 Å². The van der Waals surface area contributed by atoms with Crippen LogP contribution in [0.25, 0.3) is 0 Å². The lowest BCUT2D eigenvalue weighted by Gasteiger charge is -2.09. The highest BCUT2D eigenvalue weighted by Crippen LogP contribution is 2.21. The summed E-state index contributed by atoms with van der Waals surface area (Å²) in [5, 5.41) is 5.19. The number of hydrogen-bond acceptors (Lipinski definition) is 4. The zero-order chi connectivity index (χ0) is 23.3. The lowest BCUT2D eigenvalue weighted by Crippen LogP contribution is -2.41. The highest BCUT2D eigenvalue weighted by atomic mass is 35.5. The molecule has 0 aliphatic heterocycles. The van der Waals surface area contributed by atoms with Crippen LogP contribution < -0.4 is 15.6 Å². The smallest absolute Gasteiger partial charge is 0.274 e. The van der Waals surface area contributed by atoms with Gasteiger partial charge in [-0.15, -0.1) is 0 Å². The van der Waals surface area contributed by atoms with E-state index in [1.807, 2.05) is 13.8 Å². The van der Waals surface area contributed by atoms with Gasteiger partial charge in [0.2, 0.25) is 0 Å². The van der Waals surface area contributed by atoms with Crippen molar-refractivity contribution >= 4 is 35.0 Å². The number of ether oxygens (including phenoxy) is 1. The monoisotopic (exact) mass is 474 g/mol. The van der Waals surface area contributed by atoms with Crippen LogP contribution >= 0.6 is 23.2 Å². The minimum absolute atomic E-state index is 0.238. The molecule has 1 aromatic heterocycles. The first-order valence-corrected chi connectivity index (χ1v) is 10.8. The van der Waals surface area contributed by atoms with Crippen LogP contribution in [0.15, 0.2) is 48.5 Å². The summed E-state index contributed by atoms with van der Waals surface area (Å²) in [4.78, 5) is 24.9. The minimum atomic E-state index is -0.524. The predicted molar refractivity (Wildman–Crippen MR) is 124 cm³/mol. The molecule has 2 N–H and O–H groups in total. The van der Waals surface area contributed by atoms with Crippen LogP contribution in [-0.4, -0.2) is 21.6 Å². The van der Waals surface area contributed by atoms with Gasteiger partial charge >= 0.3 is 0 Å². The van der Waals surface area contributed by atoms with Crippen molar-refractivity contribution in [2.75, 3.05) is 0 Å². The van der Waals surface area contributed by atoms with Crippen molar-refractivity contribution in [2.45, 2.75) is 33.9 Å². The number of hydrogen-bond donors (Lipinski definition) is 2. The first-order chi connectivity index (χ1) is 15.2. The van der Waals surface area contributed by atoms with E-state index in [4.69, 9.17) is 27.9 Å². The third-order valence-corrected chi connectivity index (χ3v) is 5.19. The van der Waals surface area contributed by atoms with Crippen LogP contribution in [0.1, 0.15) is 45.8 Å². The van der Waals surface area contributed by atoms with Gasteiger partial charge in [0, 0.05) is 17.1 Å². The van der Waals surface area contributed by atoms with E-state index in [2.05, 4.69) is 16.0 Å². The molecule has 7 nitrogen and oxygen atoms in total. The molecule has 2 aromatic carbocycles. The molecule has 32 heavy (non-hydrogen) atoms. The van der Waals surface area contributed by atoms with E-state index in [0.717, 1.165) is 5.56 Å². The van der Waals surface area contributed by atoms with E-state index < -0.39 is 11.8 Å². The Bertz CT molecular complexity index is 1090. The summed E-state index contributed by atoms with van der Waals surface area (Å²) >= 11 is 12.2. The lowest BCUT2D eigenvalue weighted by molar-refractivity contribution is 0.0846. The Kier molecular flexibility index (Phi) is 7.77. The number of benzene rings is 2. The Hall–Kier alpha value is -3.03. The van der Waals surface area contributed by atoms with E-state index >= 15 is 0 Å². The number of nitrogens with one attached hydrogen (secondary N) is 2. The van der Waals surface area contributed by atoms with Crippen molar-refractivity contribution in [1.82, 2.24) is 20.6 Å².